The fraction of sp³-hybridized carbons (Fsp3) is 0.263. The fourth-order valence-electron chi connectivity index (χ4n) is 3.31. The second-order valence-electron chi connectivity index (χ2n) is 7.32. The molecule has 2 aromatic heterocycles. The van der Waals surface area contributed by atoms with Crippen molar-refractivity contribution in [2.45, 2.75) is 31.3 Å². The van der Waals surface area contributed by atoms with Crippen LogP contribution in [-0.4, -0.2) is 38.6 Å². The molecule has 1 saturated carbocycles. The summed E-state index contributed by atoms with van der Waals surface area (Å²) in [5, 5.41) is 15.9. The van der Waals surface area contributed by atoms with Gasteiger partial charge in [0.25, 0.3) is 5.91 Å². The smallest absolute Gasteiger partial charge is 0.322 e. The summed E-state index contributed by atoms with van der Waals surface area (Å²) in [6.45, 7) is 0. The van der Waals surface area contributed by atoms with Crippen LogP contribution in [0, 0.1) is 5.82 Å². The lowest BCUT2D eigenvalue weighted by Gasteiger charge is -2.13. The molecule has 1 saturated heterocycles. The standard InChI is InChI=1S/C19H17ClFN7O2/c20-10-1-4-12(21)13(6-10)24-15-7-16(23-11-2-3-11)28-17(26-15)9(8-22-28)5-14-18(29)27-19(30)25-14/h1,4,6-8,11,14,23H,2-3,5H2,(H,24,26)(H2,25,27,29,30). The van der Waals surface area contributed by atoms with Crippen molar-refractivity contribution in [1.29, 1.82) is 0 Å². The van der Waals surface area contributed by atoms with Crippen LogP contribution < -0.4 is 21.3 Å². The number of urea groups is 1. The van der Waals surface area contributed by atoms with Gasteiger partial charge in [0.05, 0.1) is 11.9 Å². The minimum Gasteiger partial charge on any atom is -0.367 e. The summed E-state index contributed by atoms with van der Waals surface area (Å²) in [5.41, 5.74) is 1.37. The second kappa shape index (κ2) is 7.13. The Balaban J connectivity index is 1.53. The quantitative estimate of drug-likeness (QED) is 0.448. The molecular weight excluding hydrogens is 413 g/mol. The minimum absolute atomic E-state index is 0.195. The van der Waals surface area contributed by atoms with Crippen LogP contribution in [0.15, 0.2) is 30.5 Å². The van der Waals surface area contributed by atoms with Gasteiger partial charge in [0.2, 0.25) is 0 Å². The largest absolute Gasteiger partial charge is 0.367 e. The monoisotopic (exact) mass is 429 g/mol. The van der Waals surface area contributed by atoms with E-state index in [-0.39, 0.29) is 12.1 Å². The van der Waals surface area contributed by atoms with Gasteiger partial charge in [-0.15, -0.1) is 0 Å². The maximum atomic E-state index is 14.2. The van der Waals surface area contributed by atoms with Crippen LogP contribution in [0.5, 0.6) is 0 Å². The maximum Gasteiger partial charge on any atom is 0.322 e. The van der Waals surface area contributed by atoms with Crippen molar-refractivity contribution in [3.8, 4) is 0 Å². The third-order valence-corrected chi connectivity index (χ3v) is 5.18. The summed E-state index contributed by atoms with van der Waals surface area (Å²) < 4.78 is 15.8. The number of aromatic nitrogens is 3. The van der Waals surface area contributed by atoms with Crippen LogP contribution in [0.2, 0.25) is 5.02 Å². The number of halogens is 2. The molecule has 2 aliphatic rings. The van der Waals surface area contributed by atoms with E-state index in [4.69, 9.17) is 11.6 Å². The van der Waals surface area contributed by atoms with E-state index in [1.807, 2.05) is 0 Å². The third kappa shape index (κ3) is 3.61. The van der Waals surface area contributed by atoms with Crippen molar-refractivity contribution in [2.75, 3.05) is 10.6 Å². The van der Waals surface area contributed by atoms with Crippen molar-refractivity contribution in [1.82, 2.24) is 25.2 Å². The molecule has 1 aromatic carbocycles. The summed E-state index contributed by atoms with van der Waals surface area (Å²) in [7, 11) is 0. The number of carbonyl (C=O) groups excluding carboxylic acids is 2. The molecule has 1 aliphatic heterocycles. The number of benzene rings is 1. The fourth-order valence-corrected chi connectivity index (χ4v) is 3.48. The highest BCUT2D eigenvalue weighted by molar-refractivity contribution is 6.30. The van der Waals surface area contributed by atoms with Crippen LogP contribution >= 0.6 is 11.6 Å². The predicted molar refractivity (Wildman–Crippen MR) is 108 cm³/mol. The Hall–Kier alpha value is -3.40. The van der Waals surface area contributed by atoms with Crippen molar-refractivity contribution < 1.29 is 14.0 Å². The molecule has 11 heteroatoms. The number of hydrogen-bond donors (Lipinski definition) is 4. The zero-order valence-corrected chi connectivity index (χ0v) is 16.3. The molecule has 0 bridgehead atoms. The number of hydrogen-bond acceptors (Lipinski definition) is 6. The Morgan fingerprint density at radius 2 is 2.10 bits per heavy atom. The van der Waals surface area contributed by atoms with E-state index in [9.17, 15) is 14.0 Å². The SMILES string of the molecule is O=C1NC(=O)C(Cc2cnn3c(NC4CC4)cc(Nc4cc(Cl)ccc4F)nc23)N1. The van der Waals surface area contributed by atoms with Crippen LogP contribution in [0.1, 0.15) is 18.4 Å². The lowest BCUT2D eigenvalue weighted by Crippen LogP contribution is -2.31. The van der Waals surface area contributed by atoms with Gasteiger partial charge in [0, 0.05) is 29.1 Å². The molecule has 2 fully saturated rings. The van der Waals surface area contributed by atoms with Crippen LogP contribution in [0.3, 0.4) is 0 Å². The summed E-state index contributed by atoms with van der Waals surface area (Å²) in [4.78, 5) is 27.9. The number of nitrogens with zero attached hydrogens (tertiary/aromatic N) is 3. The molecule has 4 N–H and O–H groups in total. The summed E-state index contributed by atoms with van der Waals surface area (Å²) >= 11 is 5.99. The predicted octanol–water partition coefficient (Wildman–Crippen LogP) is 2.59. The van der Waals surface area contributed by atoms with E-state index in [0.29, 0.717) is 33.9 Å². The summed E-state index contributed by atoms with van der Waals surface area (Å²) in [6.07, 6.45) is 3.95. The Morgan fingerprint density at radius 3 is 2.83 bits per heavy atom. The first-order valence-corrected chi connectivity index (χ1v) is 9.82. The number of imide groups is 1. The molecule has 154 valence electrons. The van der Waals surface area contributed by atoms with Crippen molar-refractivity contribution >= 4 is 46.5 Å². The van der Waals surface area contributed by atoms with E-state index in [2.05, 4.69) is 31.3 Å². The number of carbonyl (C=O) groups is 2. The first kappa shape index (κ1) is 18.6. The normalized spacial score (nSPS) is 18.4. The van der Waals surface area contributed by atoms with E-state index in [1.165, 1.54) is 18.2 Å². The van der Waals surface area contributed by atoms with E-state index in [1.54, 1.807) is 16.8 Å². The molecule has 5 rings (SSSR count). The van der Waals surface area contributed by atoms with Gasteiger partial charge >= 0.3 is 6.03 Å². The lowest BCUT2D eigenvalue weighted by atomic mass is 10.1. The van der Waals surface area contributed by atoms with Gasteiger partial charge in [-0.1, -0.05) is 11.6 Å². The van der Waals surface area contributed by atoms with Crippen molar-refractivity contribution in [3.63, 3.8) is 0 Å². The zero-order valence-electron chi connectivity index (χ0n) is 15.6. The van der Waals surface area contributed by atoms with E-state index in [0.717, 1.165) is 12.8 Å². The maximum absolute atomic E-state index is 14.2. The topological polar surface area (TPSA) is 112 Å². The van der Waals surface area contributed by atoms with Gasteiger partial charge in [-0.2, -0.15) is 9.61 Å². The van der Waals surface area contributed by atoms with Crippen LogP contribution in [0.25, 0.3) is 5.65 Å². The Morgan fingerprint density at radius 1 is 1.27 bits per heavy atom. The number of rotatable bonds is 6. The molecule has 0 radical (unpaired) electrons. The molecule has 3 heterocycles. The molecule has 30 heavy (non-hydrogen) atoms. The molecule has 3 amide bonds. The molecule has 1 unspecified atom stereocenters. The number of amides is 3. The molecule has 3 aromatic rings. The highest BCUT2D eigenvalue weighted by atomic mass is 35.5. The average molecular weight is 430 g/mol. The van der Waals surface area contributed by atoms with Crippen molar-refractivity contribution in [2.24, 2.45) is 0 Å². The first-order chi connectivity index (χ1) is 14.5. The molecule has 1 aliphatic carbocycles. The van der Waals surface area contributed by atoms with Crippen LogP contribution in [-0.2, 0) is 11.2 Å². The summed E-state index contributed by atoms with van der Waals surface area (Å²) in [6, 6.07) is 5.09. The highest BCUT2D eigenvalue weighted by Gasteiger charge is 2.31. The Bertz CT molecular complexity index is 1180. The molecule has 1 atom stereocenters. The number of fused-ring (bicyclic) bond motifs is 1. The van der Waals surface area contributed by atoms with E-state index < -0.39 is 23.8 Å². The van der Waals surface area contributed by atoms with Gasteiger partial charge in [0.15, 0.2) is 5.65 Å². The van der Waals surface area contributed by atoms with Crippen LogP contribution in [0.4, 0.5) is 26.5 Å². The third-order valence-electron chi connectivity index (χ3n) is 4.95. The lowest BCUT2D eigenvalue weighted by molar-refractivity contribution is -0.120. The first-order valence-electron chi connectivity index (χ1n) is 9.44. The Kier molecular flexibility index (Phi) is 4.43. The minimum atomic E-state index is -0.700. The molecule has 0 spiro atoms. The number of anilines is 3. The van der Waals surface area contributed by atoms with Gasteiger partial charge in [-0.3, -0.25) is 10.1 Å². The van der Waals surface area contributed by atoms with Crippen molar-refractivity contribution in [3.05, 3.63) is 46.9 Å². The van der Waals surface area contributed by atoms with Gasteiger partial charge in [-0.05, 0) is 31.0 Å². The number of nitrogens with one attached hydrogen (secondary N) is 4. The highest BCUT2D eigenvalue weighted by Crippen LogP contribution is 2.29. The second-order valence-corrected chi connectivity index (χ2v) is 7.76. The molecular formula is C19H17ClFN7O2. The summed E-state index contributed by atoms with van der Waals surface area (Å²) in [5.74, 6) is 0.231. The van der Waals surface area contributed by atoms with Gasteiger partial charge in [-0.25, -0.2) is 14.2 Å². The zero-order chi connectivity index (χ0) is 20.8. The Labute approximate surface area is 175 Å². The average Bonchev–Trinajstić information content (AvgIpc) is 3.34. The van der Waals surface area contributed by atoms with E-state index >= 15 is 0 Å². The van der Waals surface area contributed by atoms with Gasteiger partial charge < -0.3 is 16.0 Å². The molecule has 9 nitrogen and oxygen atoms in total. The van der Waals surface area contributed by atoms with Gasteiger partial charge in [0.1, 0.15) is 23.5 Å².